The van der Waals surface area contributed by atoms with Crippen molar-refractivity contribution in [3.05, 3.63) is 0 Å². The fourth-order valence-electron chi connectivity index (χ4n) is 3.02. The van der Waals surface area contributed by atoms with Gasteiger partial charge in [0.25, 0.3) is 0 Å². The lowest BCUT2D eigenvalue weighted by atomic mass is 10.0. The highest BCUT2D eigenvalue weighted by Gasteiger charge is 1.94. The molecule has 0 aromatic rings. The first kappa shape index (κ1) is 27.1. The van der Waals surface area contributed by atoms with Crippen LogP contribution in [0.2, 0.25) is 0 Å². The minimum atomic E-state index is 0.355. The van der Waals surface area contributed by atoms with Crippen LogP contribution in [0.1, 0.15) is 136 Å². The van der Waals surface area contributed by atoms with Crippen molar-refractivity contribution in [2.75, 3.05) is 13.2 Å². The molecule has 0 aromatic heterocycles. The third-order valence-electron chi connectivity index (χ3n) is 4.77. The predicted octanol–water partition coefficient (Wildman–Crippen LogP) is 7.41. The molecule has 0 aromatic carbocycles. The Hall–Kier alpha value is -0.0800. The maximum absolute atomic E-state index is 8.67. The molecule has 0 rings (SSSR count). The number of rotatable bonds is 19. The average Bonchev–Trinajstić information content (AvgIpc) is 2.64. The lowest BCUT2D eigenvalue weighted by Gasteiger charge is -2.03. The van der Waals surface area contributed by atoms with E-state index in [1.165, 1.54) is 103 Å². The van der Waals surface area contributed by atoms with Gasteiger partial charge in [-0.3, -0.25) is 0 Å². The van der Waals surface area contributed by atoms with Crippen LogP contribution in [0.4, 0.5) is 0 Å². The van der Waals surface area contributed by atoms with Crippen LogP contribution in [0.25, 0.3) is 0 Å². The topological polar surface area (TPSA) is 40.5 Å². The molecule has 0 atom stereocenters. The second kappa shape index (κ2) is 28.7. The zero-order valence-electron chi connectivity index (χ0n) is 17.7. The third-order valence-corrected chi connectivity index (χ3v) is 4.77. The number of hydrogen-bond acceptors (Lipinski definition) is 2. The van der Waals surface area contributed by atoms with E-state index in [0.29, 0.717) is 13.2 Å². The van der Waals surface area contributed by atoms with Crippen LogP contribution >= 0.6 is 0 Å². The van der Waals surface area contributed by atoms with E-state index < -0.39 is 0 Å². The van der Waals surface area contributed by atoms with E-state index in [2.05, 4.69) is 13.8 Å². The summed E-state index contributed by atoms with van der Waals surface area (Å²) in [4.78, 5) is 0. The fourth-order valence-corrected chi connectivity index (χ4v) is 3.02. The van der Waals surface area contributed by atoms with Gasteiger partial charge < -0.3 is 10.2 Å². The van der Waals surface area contributed by atoms with Gasteiger partial charge in [0.05, 0.1) is 0 Å². The van der Waals surface area contributed by atoms with Gasteiger partial charge in [0.15, 0.2) is 0 Å². The van der Waals surface area contributed by atoms with Crippen molar-refractivity contribution >= 4 is 0 Å². The molecule has 0 heterocycles. The van der Waals surface area contributed by atoms with E-state index >= 15 is 0 Å². The Kier molecular flexibility index (Phi) is 31.2. The first-order chi connectivity index (χ1) is 12.3. The molecular weight excluding hydrogens is 308 g/mol. The maximum Gasteiger partial charge on any atom is 0.0431 e. The van der Waals surface area contributed by atoms with Gasteiger partial charge in [-0.25, -0.2) is 0 Å². The van der Waals surface area contributed by atoms with E-state index in [-0.39, 0.29) is 0 Å². The molecular formula is C23H50O2. The summed E-state index contributed by atoms with van der Waals surface area (Å²) in [5.41, 5.74) is 0. The molecule has 0 fully saturated rings. The molecule has 2 nitrogen and oxygen atoms in total. The highest BCUT2D eigenvalue weighted by molar-refractivity contribution is 4.49. The minimum Gasteiger partial charge on any atom is -0.396 e. The average molecular weight is 359 g/mol. The molecule has 154 valence electrons. The summed E-state index contributed by atoms with van der Waals surface area (Å²) < 4.78 is 0. The van der Waals surface area contributed by atoms with Crippen molar-refractivity contribution < 1.29 is 10.2 Å². The van der Waals surface area contributed by atoms with E-state index in [1.807, 2.05) is 0 Å². The zero-order valence-corrected chi connectivity index (χ0v) is 17.7. The smallest absolute Gasteiger partial charge is 0.0431 e. The zero-order chi connectivity index (χ0) is 18.8. The molecule has 0 aliphatic rings. The first-order valence-electron chi connectivity index (χ1n) is 11.5. The highest BCUT2D eigenvalue weighted by Crippen LogP contribution is 2.13. The van der Waals surface area contributed by atoms with Crippen LogP contribution in [-0.4, -0.2) is 23.4 Å². The first-order valence-corrected chi connectivity index (χ1v) is 11.5. The summed E-state index contributed by atoms with van der Waals surface area (Å²) in [6, 6.07) is 0. The molecule has 2 heteroatoms. The quantitative estimate of drug-likeness (QED) is 0.236. The van der Waals surface area contributed by atoms with Crippen LogP contribution in [0, 0.1) is 0 Å². The van der Waals surface area contributed by atoms with Crippen molar-refractivity contribution in [3.8, 4) is 0 Å². The monoisotopic (exact) mass is 358 g/mol. The van der Waals surface area contributed by atoms with Gasteiger partial charge in [-0.15, -0.1) is 0 Å². The lowest BCUT2D eigenvalue weighted by Crippen LogP contribution is -1.85. The summed E-state index contributed by atoms with van der Waals surface area (Å²) in [6.07, 6.45) is 25.5. The maximum atomic E-state index is 8.67. The molecule has 0 saturated heterocycles. The van der Waals surface area contributed by atoms with Crippen LogP contribution in [0.15, 0.2) is 0 Å². The molecule has 0 bridgehead atoms. The SMILES string of the molecule is CCCCCCCCCCCCCCCCCCO.CCCCCO. The van der Waals surface area contributed by atoms with Crippen molar-refractivity contribution in [2.45, 2.75) is 136 Å². The third kappa shape index (κ3) is 32.1. The molecule has 2 N–H and O–H groups in total. The predicted molar refractivity (Wildman–Crippen MR) is 113 cm³/mol. The molecule has 0 spiro atoms. The summed E-state index contributed by atoms with van der Waals surface area (Å²) in [5.74, 6) is 0. The van der Waals surface area contributed by atoms with Gasteiger partial charge in [0.2, 0.25) is 0 Å². The van der Waals surface area contributed by atoms with Gasteiger partial charge in [-0.1, -0.05) is 123 Å². The summed E-state index contributed by atoms with van der Waals surface area (Å²) in [7, 11) is 0. The number of aliphatic hydroxyl groups is 2. The Balaban J connectivity index is 0. The Morgan fingerprint density at radius 2 is 0.520 bits per heavy atom. The van der Waals surface area contributed by atoms with Crippen molar-refractivity contribution in [2.24, 2.45) is 0 Å². The molecule has 0 aliphatic carbocycles. The molecule has 0 saturated carbocycles. The lowest BCUT2D eigenvalue weighted by molar-refractivity contribution is 0.282. The Morgan fingerprint density at radius 1 is 0.320 bits per heavy atom. The van der Waals surface area contributed by atoms with Crippen molar-refractivity contribution in [1.82, 2.24) is 0 Å². The van der Waals surface area contributed by atoms with Crippen LogP contribution in [0.5, 0.6) is 0 Å². The number of hydrogen-bond donors (Lipinski definition) is 2. The Bertz CT molecular complexity index is 175. The van der Waals surface area contributed by atoms with Gasteiger partial charge in [0.1, 0.15) is 0 Å². The summed E-state index contributed by atoms with van der Waals surface area (Å²) in [5, 5.41) is 16.9. The van der Waals surface area contributed by atoms with Crippen molar-refractivity contribution in [3.63, 3.8) is 0 Å². The van der Waals surface area contributed by atoms with Gasteiger partial charge in [-0.2, -0.15) is 0 Å². The standard InChI is InChI=1S/C18H38O.C5H12O/c1-2-3-4-5-6-7-8-9-10-11-12-13-14-15-16-17-18-19;1-2-3-4-5-6/h19H,2-18H2,1H3;6H,2-5H2,1H3. The van der Waals surface area contributed by atoms with Gasteiger partial charge in [0, 0.05) is 13.2 Å². The Labute approximate surface area is 159 Å². The summed E-state index contributed by atoms with van der Waals surface area (Å²) in [6.45, 7) is 5.13. The molecule has 25 heavy (non-hydrogen) atoms. The minimum absolute atomic E-state index is 0.355. The van der Waals surface area contributed by atoms with Crippen LogP contribution < -0.4 is 0 Å². The van der Waals surface area contributed by atoms with Crippen LogP contribution in [-0.2, 0) is 0 Å². The molecule has 0 unspecified atom stereocenters. The fraction of sp³-hybridized carbons (Fsp3) is 1.00. The summed E-state index contributed by atoms with van der Waals surface area (Å²) >= 11 is 0. The molecule has 0 radical (unpaired) electrons. The molecule has 0 amide bonds. The molecule has 0 aliphatic heterocycles. The van der Waals surface area contributed by atoms with Gasteiger partial charge >= 0.3 is 0 Å². The second-order valence-electron chi connectivity index (χ2n) is 7.46. The van der Waals surface area contributed by atoms with Crippen LogP contribution in [0.3, 0.4) is 0 Å². The van der Waals surface area contributed by atoms with E-state index in [1.54, 1.807) is 0 Å². The van der Waals surface area contributed by atoms with Gasteiger partial charge in [-0.05, 0) is 12.8 Å². The largest absolute Gasteiger partial charge is 0.396 e. The number of aliphatic hydroxyl groups excluding tert-OH is 2. The van der Waals surface area contributed by atoms with E-state index in [9.17, 15) is 0 Å². The Morgan fingerprint density at radius 3 is 0.760 bits per heavy atom. The highest BCUT2D eigenvalue weighted by atomic mass is 16.3. The second-order valence-corrected chi connectivity index (χ2v) is 7.46. The number of unbranched alkanes of at least 4 members (excludes halogenated alkanes) is 17. The van der Waals surface area contributed by atoms with E-state index in [4.69, 9.17) is 10.2 Å². The normalized spacial score (nSPS) is 10.6. The van der Waals surface area contributed by atoms with E-state index in [0.717, 1.165) is 19.3 Å². The van der Waals surface area contributed by atoms with Crippen molar-refractivity contribution in [1.29, 1.82) is 0 Å².